The van der Waals surface area contributed by atoms with Crippen molar-refractivity contribution in [3.8, 4) is 0 Å². The third-order valence-electron chi connectivity index (χ3n) is 4.85. The molecule has 1 atom stereocenters. The van der Waals surface area contributed by atoms with Gasteiger partial charge in [0.1, 0.15) is 5.82 Å². The Kier molecular flexibility index (Phi) is 5.43. The number of hydrogen-bond donors (Lipinski definition) is 3. The van der Waals surface area contributed by atoms with Crippen LogP contribution in [-0.4, -0.2) is 33.8 Å². The number of amides is 2. The fourth-order valence-electron chi connectivity index (χ4n) is 3.39. The molecule has 2 amide bonds. The van der Waals surface area contributed by atoms with Crippen molar-refractivity contribution in [2.24, 2.45) is 5.92 Å². The first-order valence-corrected chi connectivity index (χ1v) is 8.76. The molecule has 0 aromatic carbocycles. The van der Waals surface area contributed by atoms with E-state index in [0.717, 1.165) is 31.5 Å². The number of aromatic nitrogens is 2. The van der Waals surface area contributed by atoms with Crippen molar-refractivity contribution in [1.29, 1.82) is 0 Å². The summed E-state index contributed by atoms with van der Waals surface area (Å²) in [5, 5.41) is 15.1. The lowest BCUT2D eigenvalue weighted by Gasteiger charge is -2.30. The molecule has 2 aliphatic rings. The predicted octanol–water partition coefficient (Wildman–Crippen LogP) is 2.81. The van der Waals surface area contributed by atoms with Crippen LogP contribution < -0.4 is 10.6 Å². The molecular formula is C17H26N4O2. The van der Waals surface area contributed by atoms with Crippen LogP contribution in [0.15, 0.2) is 12.4 Å². The molecule has 1 heterocycles. The second kappa shape index (κ2) is 7.73. The minimum Gasteiger partial charge on any atom is -0.396 e. The van der Waals surface area contributed by atoms with Gasteiger partial charge in [0, 0.05) is 18.6 Å². The first-order chi connectivity index (χ1) is 11.3. The lowest BCUT2D eigenvalue weighted by atomic mass is 9.83. The van der Waals surface area contributed by atoms with E-state index >= 15 is 0 Å². The standard InChI is InChI=1S/C17H26N4O2/c22-9-8-15(12-4-2-1-3-5-12)21-17(23)20-14-10-18-16(19-11-14)13-6-7-13/h10-13,15,22H,1-9H2,(H2,20,21,23). The van der Waals surface area contributed by atoms with Crippen molar-refractivity contribution in [3.63, 3.8) is 0 Å². The molecule has 6 heteroatoms. The monoisotopic (exact) mass is 318 g/mol. The summed E-state index contributed by atoms with van der Waals surface area (Å²) in [6.07, 6.45) is 12.2. The molecule has 0 bridgehead atoms. The molecule has 2 fully saturated rings. The van der Waals surface area contributed by atoms with Crippen LogP contribution in [0.25, 0.3) is 0 Å². The third-order valence-corrected chi connectivity index (χ3v) is 4.85. The number of aliphatic hydroxyl groups excluding tert-OH is 1. The number of hydrogen-bond acceptors (Lipinski definition) is 4. The Morgan fingerprint density at radius 2 is 1.87 bits per heavy atom. The molecule has 2 saturated carbocycles. The molecule has 23 heavy (non-hydrogen) atoms. The molecule has 0 radical (unpaired) electrons. The number of nitrogens with one attached hydrogen (secondary N) is 2. The van der Waals surface area contributed by atoms with E-state index in [2.05, 4.69) is 20.6 Å². The molecule has 3 rings (SSSR count). The fourth-order valence-corrected chi connectivity index (χ4v) is 3.39. The zero-order valence-corrected chi connectivity index (χ0v) is 13.5. The van der Waals surface area contributed by atoms with Gasteiger partial charge in [0.05, 0.1) is 18.1 Å². The Morgan fingerprint density at radius 3 is 2.48 bits per heavy atom. The summed E-state index contributed by atoms with van der Waals surface area (Å²) in [5.41, 5.74) is 0.610. The van der Waals surface area contributed by atoms with Gasteiger partial charge in [0.25, 0.3) is 0 Å². The van der Waals surface area contributed by atoms with Crippen molar-refractivity contribution in [1.82, 2.24) is 15.3 Å². The molecule has 1 unspecified atom stereocenters. The third kappa shape index (κ3) is 4.64. The molecule has 6 nitrogen and oxygen atoms in total. The summed E-state index contributed by atoms with van der Waals surface area (Å²) in [4.78, 5) is 20.8. The van der Waals surface area contributed by atoms with Crippen LogP contribution in [0.3, 0.4) is 0 Å². The van der Waals surface area contributed by atoms with Crippen molar-refractivity contribution < 1.29 is 9.90 Å². The summed E-state index contributed by atoms with van der Waals surface area (Å²) in [7, 11) is 0. The molecule has 0 aliphatic heterocycles. The van der Waals surface area contributed by atoms with Gasteiger partial charge in [-0.3, -0.25) is 0 Å². The van der Waals surface area contributed by atoms with E-state index in [4.69, 9.17) is 0 Å². The highest BCUT2D eigenvalue weighted by molar-refractivity contribution is 5.89. The SMILES string of the molecule is O=C(Nc1cnc(C2CC2)nc1)NC(CCO)C1CCCCC1. The van der Waals surface area contributed by atoms with Crippen LogP contribution in [-0.2, 0) is 0 Å². The molecule has 126 valence electrons. The van der Waals surface area contributed by atoms with Crippen molar-refractivity contribution in [2.75, 3.05) is 11.9 Å². The summed E-state index contributed by atoms with van der Waals surface area (Å²) in [6.45, 7) is 0.0979. The van der Waals surface area contributed by atoms with E-state index in [-0.39, 0.29) is 18.7 Å². The van der Waals surface area contributed by atoms with Gasteiger partial charge in [0.2, 0.25) is 0 Å². The van der Waals surface area contributed by atoms with E-state index < -0.39 is 0 Å². The van der Waals surface area contributed by atoms with Crippen molar-refractivity contribution >= 4 is 11.7 Å². The maximum absolute atomic E-state index is 12.2. The van der Waals surface area contributed by atoms with Crippen LogP contribution in [0.4, 0.5) is 10.5 Å². The second-order valence-corrected chi connectivity index (χ2v) is 6.72. The highest BCUT2D eigenvalue weighted by Gasteiger charge is 2.27. The van der Waals surface area contributed by atoms with Crippen LogP contribution in [0.1, 0.15) is 63.1 Å². The average Bonchev–Trinajstić information content (AvgIpc) is 3.41. The molecule has 1 aromatic heterocycles. The number of urea groups is 1. The quantitative estimate of drug-likeness (QED) is 0.752. The van der Waals surface area contributed by atoms with Gasteiger partial charge >= 0.3 is 6.03 Å². The Labute approximate surface area is 137 Å². The summed E-state index contributed by atoms with van der Waals surface area (Å²) < 4.78 is 0. The first-order valence-electron chi connectivity index (χ1n) is 8.76. The van der Waals surface area contributed by atoms with Gasteiger partial charge < -0.3 is 15.7 Å². The van der Waals surface area contributed by atoms with E-state index in [9.17, 15) is 9.90 Å². The Balaban J connectivity index is 1.53. The van der Waals surface area contributed by atoms with Crippen LogP contribution in [0.5, 0.6) is 0 Å². The number of anilines is 1. The second-order valence-electron chi connectivity index (χ2n) is 6.72. The van der Waals surface area contributed by atoms with Crippen molar-refractivity contribution in [3.05, 3.63) is 18.2 Å². The van der Waals surface area contributed by atoms with Gasteiger partial charge in [-0.25, -0.2) is 14.8 Å². The number of rotatable bonds is 6. The van der Waals surface area contributed by atoms with Gasteiger partial charge in [-0.1, -0.05) is 19.3 Å². The molecule has 2 aliphatic carbocycles. The Hall–Kier alpha value is -1.69. The zero-order valence-electron chi connectivity index (χ0n) is 13.5. The van der Waals surface area contributed by atoms with Crippen LogP contribution >= 0.6 is 0 Å². The zero-order chi connectivity index (χ0) is 16.1. The van der Waals surface area contributed by atoms with Gasteiger partial charge in [-0.15, -0.1) is 0 Å². The highest BCUT2D eigenvalue weighted by atomic mass is 16.3. The topological polar surface area (TPSA) is 87.1 Å². The van der Waals surface area contributed by atoms with E-state index in [1.807, 2.05) is 0 Å². The lowest BCUT2D eigenvalue weighted by molar-refractivity contribution is 0.202. The van der Waals surface area contributed by atoms with Crippen molar-refractivity contribution in [2.45, 2.75) is 63.3 Å². The van der Waals surface area contributed by atoms with Gasteiger partial charge in [-0.05, 0) is 38.0 Å². The Bertz CT molecular complexity index is 510. The summed E-state index contributed by atoms with van der Waals surface area (Å²) in [6, 6.07) is -0.205. The Morgan fingerprint density at radius 1 is 1.17 bits per heavy atom. The highest BCUT2D eigenvalue weighted by Crippen LogP contribution is 2.37. The smallest absolute Gasteiger partial charge is 0.319 e. The van der Waals surface area contributed by atoms with Crippen LogP contribution in [0.2, 0.25) is 0 Å². The lowest BCUT2D eigenvalue weighted by Crippen LogP contribution is -2.43. The summed E-state index contributed by atoms with van der Waals surface area (Å²) in [5.74, 6) is 1.85. The maximum Gasteiger partial charge on any atom is 0.319 e. The van der Waals surface area contributed by atoms with Gasteiger partial charge in [0.15, 0.2) is 0 Å². The summed E-state index contributed by atoms with van der Waals surface area (Å²) >= 11 is 0. The normalized spacial score (nSPS) is 20.0. The van der Waals surface area contributed by atoms with Gasteiger partial charge in [-0.2, -0.15) is 0 Å². The first kappa shape index (κ1) is 16.2. The van der Waals surface area contributed by atoms with E-state index in [1.54, 1.807) is 12.4 Å². The number of aliphatic hydroxyl groups is 1. The largest absolute Gasteiger partial charge is 0.396 e. The molecule has 1 aromatic rings. The average molecular weight is 318 g/mol. The minimum atomic E-state index is -0.239. The maximum atomic E-state index is 12.2. The molecule has 0 saturated heterocycles. The molecule has 3 N–H and O–H groups in total. The van der Waals surface area contributed by atoms with Crippen LogP contribution in [0, 0.1) is 5.92 Å². The molecular weight excluding hydrogens is 292 g/mol. The molecule has 0 spiro atoms. The number of carbonyl (C=O) groups is 1. The minimum absolute atomic E-state index is 0.0342. The van der Waals surface area contributed by atoms with E-state index in [1.165, 1.54) is 19.3 Å². The fraction of sp³-hybridized carbons (Fsp3) is 0.706. The number of carbonyl (C=O) groups excluding carboxylic acids is 1. The number of nitrogens with zero attached hydrogens (tertiary/aromatic N) is 2. The predicted molar refractivity (Wildman–Crippen MR) is 88.2 cm³/mol. The van der Waals surface area contributed by atoms with E-state index in [0.29, 0.717) is 23.9 Å².